The smallest absolute Gasteiger partial charge is 0.0465 e. The number of rotatable bonds is 12. The molecule has 1 heteroatoms. The van der Waals surface area contributed by atoms with E-state index in [-0.39, 0.29) is 6.61 Å². The monoisotopic (exact) mass is 238 g/mol. The normalized spacial score (nSPS) is 11.9. The average molecular weight is 238 g/mol. The molecule has 0 atom stereocenters. The van der Waals surface area contributed by atoms with Crippen molar-refractivity contribution < 1.29 is 5.11 Å². The minimum Gasteiger partial charge on any atom is -0.396 e. The van der Waals surface area contributed by atoms with Crippen LogP contribution in [0.15, 0.2) is 24.3 Å². The molecule has 17 heavy (non-hydrogen) atoms. The third-order valence-electron chi connectivity index (χ3n) is 2.85. The van der Waals surface area contributed by atoms with Crippen LogP contribution in [0.2, 0.25) is 0 Å². The van der Waals surface area contributed by atoms with Crippen molar-refractivity contribution in [2.75, 3.05) is 6.61 Å². The highest BCUT2D eigenvalue weighted by atomic mass is 16.2. The SMILES string of the molecule is CCCC/C=C/CCCCCC/C=C/CCO. The molecular formula is C16H30O. The van der Waals surface area contributed by atoms with E-state index in [1.54, 1.807) is 0 Å². The summed E-state index contributed by atoms with van der Waals surface area (Å²) in [5, 5.41) is 8.59. The van der Waals surface area contributed by atoms with Gasteiger partial charge >= 0.3 is 0 Å². The van der Waals surface area contributed by atoms with Gasteiger partial charge in [-0.2, -0.15) is 0 Å². The van der Waals surface area contributed by atoms with Gasteiger partial charge in [0, 0.05) is 6.61 Å². The van der Waals surface area contributed by atoms with E-state index in [9.17, 15) is 0 Å². The topological polar surface area (TPSA) is 20.2 Å². The molecule has 0 radical (unpaired) electrons. The first-order valence-electron chi connectivity index (χ1n) is 7.32. The van der Waals surface area contributed by atoms with E-state index >= 15 is 0 Å². The molecule has 0 aromatic rings. The van der Waals surface area contributed by atoms with Crippen molar-refractivity contribution in [3.05, 3.63) is 24.3 Å². The Hall–Kier alpha value is -0.560. The molecular weight excluding hydrogens is 208 g/mol. The highest BCUT2D eigenvalue weighted by Gasteiger charge is 1.87. The van der Waals surface area contributed by atoms with Gasteiger partial charge in [0.25, 0.3) is 0 Å². The molecule has 0 rings (SSSR count). The number of hydrogen-bond donors (Lipinski definition) is 1. The first kappa shape index (κ1) is 16.4. The predicted octanol–water partition coefficient (Wildman–Crippen LogP) is 5.01. The Morgan fingerprint density at radius 2 is 1.12 bits per heavy atom. The van der Waals surface area contributed by atoms with Gasteiger partial charge in [0.05, 0.1) is 0 Å². The van der Waals surface area contributed by atoms with Crippen LogP contribution in [0.25, 0.3) is 0 Å². The van der Waals surface area contributed by atoms with Crippen LogP contribution in [0.3, 0.4) is 0 Å². The summed E-state index contributed by atoms with van der Waals surface area (Å²) >= 11 is 0. The van der Waals surface area contributed by atoms with Crippen LogP contribution in [0.1, 0.15) is 71.1 Å². The number of aliphatic hydroxyl groups is 1. The van der Waals surface area contributed by atoms with Crippen molar-refractivity contribution in [2.45, 2.75) is 71.1 Å². The molecule has 100 valence electrons. The lowest BCUT2D eigenvalue weighted by Crippen LogP contribution is -1.78. The fraction of sp³-hybridized carbons (Fsp3) is 0.750. The second-order valence-corrected chi connectivity index (χ2v) is 4.59. The first-order valence-corrected chi connectivity index (χ1v) is 7.32. The van der Waals surface area contributed by atoms with Gasteiger partial charge in [-0.1, -0.05) is 56.9 Å². The van der Waals surface area contributed by atoms with Gasteiger partial charge in [0.15, 0.2) is 0 Å². The molecule has 0 spiro atoms. The van der Waals surface area contributed by atoms with Crippen LogP contribution in [-0.4, -0.2) is 11.7 Å². The summed E-state index contributed by atoms with van der Waals surface area (Å²) in [6.45, 7) is 2.52. The zero-order chi connectivity index (χ0) is 12.6. The molecule has 0 heterocycles. The molecule has 0 aliphatic heterocycles. The molecule has 0 amide bonds. The van der Waals surface area contributed by atoms with Crippen LogP contribution in [0.5, 0.6) is 0 Å². The Kier molecular flexibility index (Phi) is 14.9. The molecule has 0 aliphatic rings. The second kappa shape index (κ2) is 15.4. The number of allylic oxidation sites excluding steroid dienone is 3. The lowest BCUT2D eigenvalue weighted by Gasteiger charge is -1.97. The Labute approximate surface area is 108 Å². The van der Waals surface area contributed by atoms with Crippen molar-refractivity contribution in [2.24, 2.45) is 0 Å². The summed E-state index contributed by atoms with van der Waals surface area (Å²) in [5.74, 6) is 0. The van der Waals surface area contributed by atoms with Crippen molar-refractivity contribution in [1.82, 2.24) is 0 Å². The van der Waals surface area contributed by atoms with Crippen LogP contribution in [0.4, 0.5) is 0 Å². The van der Waals surface area contributed by atoms with Gasteiger partial charge in [0.2, 0.25) is 0 Å². The highest BCUT2D eigenvalue weighted by molar-refractivity contribution is 4.82. The Bertz CT molecular complexity index is 182. The molecule has 0 saturated carbocycles. The maximum absolute atomic E-state index is 8.59. The Balaban J connectivity index is 3.05. The van der Waals surface area contributed by atoms with E-state index in [0.717, 1.165) is 6.42 Å². The molecule has 0 bridgehead atoms. The van der Waals surface area contributed by atoms with Gasteiger partial charge in [-0.15, -0.1) is 0 Å². The van der Waals surface area contributed by atoms with Gasteiger partial charge < -0.3 is 5.11 Å². The summed E-state index contributed by atoms with van der Waals surface area (Å²) in [4.78, 5) is 0. The Morgan fingerprint density at radius 1 is 0.647 bits per heavy atom. The molecule has 0 unspecified atom stereocenters. The third kappa shape index (κ3) is 15.4. The van der Waals surface area contributed by atoms with Crippen molar-refractivity contribution in [3.63, 3.8) is 0 Å². The van der Waals surface area contributed by atoms with Crippen LogP contribution in [0, 0.1) is 0 Å². The van der Waals surface area contributed by atoms with E-state index < -0.39 is 0 Å². The van der Waals surface area contributed by atoms with E-state index in [0.29, 0.717) is 0 Å². The molecule has 1 nitrogen and oxygen atoms in total. The summed E-state index contributed by atoms with van der Waals surface area (Å²) in [7, 11) is 0. The molecule has 0 aromatic heterocycles. The zero-order valence-electron chi connectivity index (χ0n) is 11.5. The number of unbranched alkanes of at least 4 members (excludes halogenated alkanes) is 7. The molecule has 0 saturated heterocycles. The van der Waals surface area contributed by atoms with E-state index in [4.69, 9.17) is 5.11 Å². The van der Waals surface area contributed by atoms with Gasteiger partial charge in [0.1, 0.15) is 0 Å². The van der Waals surface area contributed by atoms with Gasteiger partial charge in [-0.3, -0.25) is 0 Å². The lowest BCUT2D eigenvalue weighted by molar-refractivity contribution is 0.302. The second-order valence-electron chi connectivity index (χ2n) is 4.59. The Morgan fingerprint density at radius 3 is 1.59 bits per heavy atom. The molecule has 0 aliphatic carbocycles. The van der Waals surface area contributed by atoms with E-state index in [2.05, 4.69) is 31.2 Å². The summed E-state index contributed by atoms with van der Waals surface area (Å²) in [6.07, 6.45) is 21.4. The van der Waals surface area contributed by atoms with Crippen molar-refractivity contribution >= 4 is 0 Å². The van der Waals surface area contributed by atoms with Crippen molar-refractivity contribution in [3.8, 4) is 0 Å². The summed E-state index contributed by atoms with van der Waals surface area (Å²) < 4.78 is 0. The maximum atomic E-state index is 8.59. The highest BCUT2D eigenvalue weighted by Crippen LogP contribution is 2.07. The predicted molar refractivity (Wildman–Crippen MR) is 77.2 cm³/mol. The van der Waals surface area contributed by atoms with Gasteiger partial charge in [-0.25, -0.2) is 0 Å². The van der Waals surface area contributed by atoms with Crippen LogP contribution >= 0.6 is 0 Å². The average Bonchev–Trinajstić information content (AvgIpc) is 2.35. The molecule has 1 N–H and O–H groups in total. The first-order chi connectivity index (χ1) is 8.41. The van der Waals surface area contributed by atoms with E-state index in [1.165, 1.54) is 57.8 Å². The minimum atomic E-state index is 0.279. The third-order valence-corrected chi connectivity index (χ3v) is 2.85. The lowest BCUT2D eigenvalue weighted by atomic mass is 10.1. The van der Waals surface area contributed by atoms with Crippen LogP contribution in [-0.2, 0) is 0 Å². The zero-order valence-corrected chi connectivity index (χ0v) is 11.5. The van der Waals surface area contributed by atoms with Crippen molar-refractivity contribution in [1.29, 1.82) is 0 Å². The minimum absolute atomic E-state index is 0.279. The summed E-state index contributed by atoms with van der Waals surface area (Å²) in [5.41, 5.74) is 0. The quantitative estimate of drug-likeness (QED) is 0.374. The summed E-state index contributed by atoms with van der Waals surface area (Å²) in [6, 6.07) is 0. The van der Waals surface area contributed by atoms with Crippen LogP contribution < -0.4 is 0 Å². The fourth-order valence-electron chi connectivity index (χ4n) is 1.75. The maximum Gasteiger partial charge on any atom is 0.0465 e. The van der Waals surface area contributed by atoms with E-state index in [1.807, 2.05) is 0 Å². The molecule has 0 aromatic carbocycles. The largest absolute Gasteiger partial charge is 0.396 e. The van der Waals surface area contributed by atoms with Gasteiger partial charge in [-0.05, 0) is 38.5 Å². The standard InChI is InChI=1S/C16H30O/c1-2-3-4-5-6-7-8-9-10-11-12-13-14-15-16-17/h5-6,13-14,17H,2-4,7-12,15-16H2,1H3/b6-5+,14-13+. The number of aliphatic hydroxyl groups excluding tert-OH is 1. The number of hydrogen-bond acceptors (Lipinski definition) is 1. The fourth-order valence-corrected chi connectivity index (χ4v) is 1.75. The molecule has 0 fully saturated rings.